The van der Waals surface area contributed by atoms with Crippen molar-refractivity contribution < 1.29 is 17.9 Å². The van der Waals surface area contributed by atoms with Gasteiger partial charge in [0, 0.05) is 49.6 Å². The van der Waals surface area contributed by atoms with E-state index in [0.29, 0.717) is 18.4 Å². The van der Waals surface area contributed by atoms with Gasteiger partial charge in [-0.15, -0.1) is 0 Å². The lowest BCUT2D eigenvalue weighted by Gasteiger charge is -2.37. The number of carbonyl (C=O) groups excluding carboxylic acids is 1. The fraction of sp³-hybridized carbons (Fsp3) is 0.650. The molecule has 3 aliphatic rings. The number of carbonyl (C=O) groups is 1. The maximum Gasteiger partial charge on any atom is 0.251 e. The Kier molecular flexibility index (Phi) is 5.37. The van der Waals surface area contributed by atoms with Crippen LogP contribution in [0.1, 0.15) is 42.5 Å². The second kappa shape index (κ2) is 7.65. The second-order valence-electron chi connectivity index (χ2n) is 8.26. The monoisotopic (exact) mass is 407 g/mol. The van der Waals surface area contributed by atoms with Gasteiger partial charge in [-0.2, -0.15) is 4.31 Å². The van der Waals surface area contributed by atoms with Gasteiger partial charge >= 0.3 is 0 Å². The molecule has 0 radical (unpaired) electrons. The number of nitrogens with zero attached hydrogens (tertiary/aromatic N) is 2. The van der Waals surface area contributed by atoms with Crippen LogP contribution in [0.2, 0.25) is 0 Å². The molecule has 1 N–H and O–H groups in total. The van der Waals surface area contributed by atoms with Crippen LogP contribution in [0, 0.1) is 0 Å². The maximum absolute atomic E-state index is 12.7. The van der Waals surface area contributed by atoms with Gasteiger partial charge in [-0.3, -0.25) is 4.79 Å². The summed E-state index contributed by atoms with van der Waals surface area (Å²) in [4.78, 5) is 15.0. The van der Waals surface area contributed by atoms with Gasteiger partial charge in [-0.1, -0.05) is 0 Å². The van der Waals surface area contributed by atoms with Crippen LogP contribution < -0.4 is 10.2 Å². The molecule has 8 heteroatoms. The van der Waals surface area contributed by atoms with Crippen LogP contribution in [0.5, 0.6) is 0 Å². The topological polar surface area (TPSA) is 79.0 Å². The Morgan fingerprint density at radius 1 is 1.11 bits per heavy atom. The first-order valence-electron chi connectivity index (χ1n) is 10.0. The van der Waals surface area contributed by atoms with Gasteiger partial charge in [0.1, 0.15) is 0 Å². The van der Waals surface area contributed by atoms with E-state index in [-0.39, 0.29) is 30.1 Å². The Balaban J connectivity index is 1.36. The predicted octanol–water partition coefficient (Wildman–Crippen LogP) is 1.60. The molecule has 3 saturated heterocycles. The lowest BCUT2D eigenvalue weighted by molar-refractivity contribution is 0.0909. The van der Waals surface area contributed by atoms with E-state index >= 15 is 0 Å². The molecule has 154 valence electrons. The van der Waals surface area contributed by atoms with Crippen LogP contribution in [-0.2, 0) is 14.8 Å². The summed E-state index contributed by atoms with van der Waals surface area (Å²) in [6, 6.07) is 7.78. The van der Waals surface area contributed by atoms with E-state index in [1.54, 1.807) is 11.4 Å². The molecule has 2 bridgehead atoms. The summed E-state index contributed by atoms with van der Waals surface area (Å²) in [7, 11) is -1.43. The quantitative estimate of drug-likeness (QED) is 0.802. The molecule has 3 unspecified atom stereocenters. The summed E-state index contributed by atoms with van der Waals surface area (Å²) < 4.78 is 31.1. The van der Waals surface area contributed by atoms with Crippen molar-refractivity contribution in [2.75, 3.05) is 31.4 Å². The fourth-order valence-corrected chi connectivity index (χ4v) is 6.51. The van der Waals surface area contributed by atoms with Crippen LogP contribution in [0.15, 0.2) is 24.3 Å². The van der Waals surface area contributed by atoms with E-state index in [9.17, 15) is 13.2 Å². The molecule has 7 nitrogen and oxygen atoms in total. The van der Waals surface area contributed by atoms with Crippen LogP contribution in [0.25, 0.3) is 0 Å². The fourth-order valence-electron chi connectivity index (χ4n) is 5.04. The standard InChI is InChI=1S/C20H29N3O4S/c1-27-19-9-10-22(13-19)16-5-3-14(4-6-16)20(24)21-15-11-17-7-8-18(12-15)23(17)28(2,25)26/h3-6,15,17-19H,7-13H2,1-2H3,(H,21,24). The van der Waals surface area contributed by atoms with E-state index < -0.39 is 10.0 Å². The number of hydrogen-bond donors (Lipinski definition) is 1. The van der Waals surface area contributed by atoms with Crippen molar-refractivity contribution in [2.24, 2.45) is 0 Å². The Labute approximate surface area is 167 Å². The summed E-state index contributed by atoms with van der Waals surface area (Å²) >= 11 is 0. The third kappa shape index (κ3) is 3.90. The molecule has 0 aliphatic carbocycles. The molecule has 3 atom stereocenters. The zero-order valence-electron chi connectivity index (χ0n) is 16.5. The molecule has 1 aromatic carbocycles. The van der Waals surface area contributed by atoms with E-state index in [1.807, 2.05) is 24.3 Å². The van der Waals surface area contributed by atoms with Crippen molar-refractivity contribution in [2.45, 2.75) is 56.3 Å². The van der Waals surface area contributed by atoms with Gasteiger partial charge in [0.25, 0.3) is 5.91 Å². The summed E-state index contributed by atoms with van der Waals surface area (Å²) in [6.07, 6.45) is 5.74. The minimum absolute atomic E-state index is 0.0188. The highest BCUT2D eigenvalue weighted by Crippen LogP contribution is 2.37. The summed E-state index contributed by atoms with van der Waals surface area (Å²) in [5.41, 5.74) is 1.75. The Morgan fingerprint density at radius 2 is 1.75 bits per heavy atom. The van der Waals surface area contributed by atoms with Crippen molar-refractivity contribution in [1.82, 2.24) is 9.62 Å². The molecular formula is C20H29N3O4S. The van der Waals surface area contributed by atoms with Crippen molar-refractivity contribution >= 4 is 21.6 Å². The number of fused-ring (bicyclic) bond motifs is 2. The average molecular weight is 408 g/mol. The van der Waals surface area contributed by atoms with Gasteiger partial charge < -0.3 is 15.0 Å². The number of methoxy groups -OCH3 is 1. The van der Waals surface area contributed by atoms with Gasteiger partial charge in [0.2, 0.25) is 10.0 Å². The van der Waals surface area contributed by atoms with Gasteiger partial charge in [0.05, 0.1) is 12.4 Å². The minimum atomic E-state index is -3.18. The highest BCUT2D eigenvalue weighted by Gasteiger charge is 2.45. The minimum Gasteiger partial charge on any atom is -0.380 e. The lowest BCUT2D eigenvalue weighted by atomic mass is 9.99. The summed E-state index contributed by atoms with van der Waals surface area (Å²) in [5, 5.41) is 3.12. The predicted molar refractivity (Wildman–Crippen MR) is 108 cm³/mol. The smallest absolute Gasteiger partial charge is 0.251 e. The SMILES string of the molecule is COC1CCN(c2ccc(C(=O)NC3CC4CCC(C3)N4S(C)(=O)=O)cc2)C1. The van der Waals surface area contributed by atoms with Crippen molar-refractivity contribution in [1.29, 1.82) is 0 Å². The Morgan fingerprint density at radius 3 is 2.29 bits per heavy atom. The molecule has 0 spiro atoms. The number of anilines is 1. The zero-order valence-corrected chi connectivity index (χ0v) is 17.3. The number of piperidine rings is 1. The molecule has 0 saturated carbocycles. The van der Waals surface area contributed by atoms with Crippen LogP contribution in [-0.4, -0.2) is 69.3 Å². The molecule has 0 aromatic heterocycles. The number of rotatable bonds is 5. The van der Waals surface area contributed by atoms with E-state index in [2.05, 4.69) is 10.2 Å². The highest BCUT2D eigenvalue weighted by atomic mass is 32.2. The number of hydrogen-bond acceptors (Lipinski definition) is 5. The van der Waals surface area contributed by atoms with Crippen molar-refractivity contribution in [3.05, 3.63) is 29.8 Å². The third-order valence-electron chi connectivity index (χ3n) is 6.36. The molecule has 1 amide bonds. The number of nitrogens with one attached hydrogen (secondary N) is 1. The molecular weight excluding hydrogens is 378 g/mol. The highest BCUT2D eigenvalue weighted by molar-refractivity contribution is 7.88. The number of amides is 1. The molecule has 4 rings (SSSR count). The van der Waals surface area contributed by atoms with Crippen LogP contribution >= 0.6 is 0 Å². The number of ether oxygens (including phenoxy) is 1. The molecule has 1 aromatic rings. The van der Waals surface area contributed by atoms with Gasteiger partial charge in [-0.25, -0.2) is 8.42 Å². The molecule has 3 heterocycles. The van der Waals surface area contributed by atoms with Gasteiger partial charge in [-0.05, 0) is 56.4 Å². The lowest BCUT2D eigenvalue weighted by Crippen LogP contribution is -2.52. The third-order valence-corrected chi connectivity index (χ3v) is 7.72. The molecule has 3 aliphatic heterocycles. The first kappa shape index (κ1) is 19.7. The Bertz CT molecular complexity index is 812. The van der Waals surface area contributed by atoms with Crippen molar-refractivity contribution in [3.8, 4) is 0 Å². The first-order chi connectivity index (χ1) is 13.3. The van der Waals surface area contributed by atoms with Gasteiger partial charge in [0.15, 0.2) is 0 Å². The normalized spacial score (nSPS) is 30.6. The summed E-state index contributed by atoms with van der Waals surface area (Å²) in [6.45, 7) is 1.84. The van der Waals surface area contributed by atoms with Crippen molar-refractivity contribution in [3.63, 3.8) is 0 Å². The largest absolute Gasteiger partial charge is 0.380 e. The average Bonchev–Trinajstić information content (AvgIpc) is 3.25. The maximum atomic E-state index is 12.7. The summed E-state index contributed by atoms with van der Waals surface area (Å²) in [5.74, 6) is -0.0834. The van der Waals surface area contributed by atoms with E-state index in [0.717, 1.165) is 38.0 Å². The number of sulfonamides is 1. The van der Waals surface area contributed by atoms with E-state index in [1.165, 1.54) is 6.26 Å². The Hall–Kier alpha value is -1.64. The first-order valence-corrected chi connectivity index (χ1v) is 11.9. The zero-order chi connectivity index (χ0) is 19.9. The second-order valence-corrected chi connectivity index (χ2v) is 10.1. The van der Waals surface area contributed by atoms with Crippen LogP contribution in [0.4, 0.5) is 5.69 Å². The van der Waals surface area contributed by atoms with Crippen LogP contribution in [0.3, 0.4) is 0 Å². The van der Waals surface area contributed by atoms with E-state index in [4.69, 9.17) is 4.74 Å². The number of benzene rings is 1. The molecule has 28 heavy (non-hydrogen) atoms. The molecule has 3 fully saturated rings.